The molecule has 2 amide bonds. The van der Waals surface area contributed by atoms with Gasteiger partial charge in [-0.2, -0.15) is 13.2 Å². The molecule has 0 saturated heterocycles. The van der Waals surface area contributed by atoms with Crippen molar-refractivity contribution in [1.29, 1.82) is 0 Å². The van der Waals surface area contributed by atoms with E-state index in [1.807, 2.05) is 0 Å². The molecule has 0 saturated carbocycles. The van der Waals surface area contributed by atoms with Gasteiger partial charge in [0.25, 0.3) is 5.91 Å². The van der Waals surface area contributed by atoms with Crippen molar-refractivity contribution in [2.45, 2.75) is 12.3 Å². The predicted molar refractivity (Wildman–Crippen MR) is 97.2 cm³/mol. The minimum absolute atomic E-state index is 0.0403. The first kappa shape index (κ1) is 21.7. The van der Waals surface area contributed by atoms with Crippen LogP contribution in [0, 0.1) is 0 Å². The Balaban J connectivity index is 1.74. The molecule has 0 radical (unpaired) electrons. The van der Waals surface area contributed by atoms with Gasteiger partial charge in [0, 0.05) is 13.6 Å². The van der Waals surface area contributed by atoms with E-state index in [-0.39, 0.29) is 31.4 Å². The van der Waals surface area contributed by atoms with Crippen LogP contribution in [0.4, 0.5) is 13.2 Å². The van der Waals surface area contributed by atoms with E-state index in [1.165, 1.54) is 35.4 Å². The number of halogens is 3. The molecule has 0 aliphatic carbocycles. The van der Waals surface area contributed by atoms with E-state index in [4.69, 9.17) is 4.74 Å². The molecule has 0 bridgehead atoms. The molecule has 28 heavy (non-hydrogen) atoms. The second-order valence-electron chi connectivity index (χ2n) is 5.93. The summed E-state index contributed by atoms with van der Waals surface area (Å²) >= 11 is 1.26. The highest BCUT2D eigenvalue weighted by molar-refractivity contribution is 7.12. The van der Waals surface area contributed by atoms with E-state index < -0.39 is 23.8 Å². The Morgan fingerprint density at radius 1 is 1.29 bits per heavy atom. The Hall–Kier alpha value is -2.59. The molecular formula is C18H19F3N2O4S. The van der Waals surface area contributed by atoms with Crippen LogP contribution in [-0.4, -0.2) is 54.7 Å². The molecule has 1 atom stereocenters. The third kappa shape index (κ3) is 6.54. The van der Waals surface area contributed by atoms with E-state index >= 15 is 0 Å². The third-order valence-corrected chi connectivity index (χ3v) is 4.46. The molecule has 1 heterocycles. The van der Waals surface area contributed by atoms with Crippen molar-refractivity contribution in [1.82, 2.24) is 10.2 Å². The Morgan fingerprint density at radius 3 is 2.68 bits per heavy atom. The molecule has 152 valence electrons. The SMILES string of the molecule is CN(CC(=O)NCC(O)COc1cccc(C(F)(F)F)c1)C(=O)c1cccs1. The van der Waals surface area contributed by atoms with Gasteiger partial charge in [0.15, 0.2) is 0 Å². The van der Waals surface area contributed by atoms with Crippen molar-refractivity contribution in [2.24, 2.45) is 0 Å². The van der Waals surface area contributed by atoms with E-state index in [0.717, 1.165) is 12.1 Å². The van der Waals surface area contributed by atoms with Crippen LogP contribution < -0.4 is 10.1 Å². The minimum Gasteiger partial charge on any atom is -0.491 e. The smallest absolute Gasteiger partial charge is 0.416 e. The summed E-state index contributed by atoms with van der Waals surface area (Å²) in [6, 6.07) is 7.66. The lowest BCUT2D eigenvalue weighted by Gasteiger charge is -2.17. The number of thiophene rings is 1. The molecule has 0 aliphatic heterocycles. The summed E-state index contributed by atoms with van der Waals surface area (Å²) in [7, 11) is 1.48. The van der Waals surface area contributed by atoms with Crippen LogP contribution >= 0.6 is 11.3 Å². The Labute approximate surface area is 163 Å². The molecule has 1 aromatic heterocycles. The fourth-order valence-corrected chi connectivity index (χ4v) is 2.89. The number of carbonyl (C=O) groups is 2. The summed E-state index contributed by atoms with van der Waals surface area (Å²) in [5.74, 6) is -0.814. The Kier molecular flexibility index (Phi) is 7.41. The number of nitrogens with one attached hydrogen (secondary N) is 1. The van der Waals surface area contributed by atoms with Crippen molar-refractivity contribution >= 4 is 23.2 Å². The van der Waals surface area contributed by atoms with Crippen LogP contribution in [0.3, 0.4) is 0 Å². The number of benzene rings is 1. The summed E-state index contributed by atoms with van der Waals surface area (Å²) in [6.45, 7) is -0.664. The largest absolute Gasteiger partial charge is 0.491 e. The topological polar surface area (TPSA) is 78.9 Å². The number of nitrogens with zero attached hydrogens (tertiary/aromatic N) is 1. The average Bonchev–Trinajstić information content (AvgIpc) is 3.18. The van der Waals surface area contributed by atoms with Crippen molar-refractivity contribution in [3.8, 4) is 5.75 Å². The van der Waals surface area contributed by atoms with Gasteiger partial charge in [-0.25, -0.2) is 0 Å². The van der Waals surface area contributed by atoms with Crippen LogP contribution in [0.5, 0.6) is 5.75 Å². The molecule has 6 nitrogen and oxygen atoms in total. The molecule has 1 unspecified atom stereocenters. The highest BCUT2D eigenvalue weighted by atomic mass is 32.1. The maximum Gasteiger partial charge on any atom is 0.416 e. The van der Waals surface area contributed by atoms with Crippen molar-refractivity contribution in [3.05, 3.63) is 52.2 Å². The number of hydrogen-bond donors (Lipinski definition) is 2. The van der Waals surface area contributed by atoms with E-state index in [0.29, 0.717) is 4.88 Å². The zero-order valence-corrected chi connectivity index (χ0v) is 15.7. The number of rotatable bonds is 8. The van der Waals surface area contributed by atoms with E-state index in [9.17, 15) is 27.9 Å². The predicted octanol–water partition coefficient (Wildman–Crippen LogP) is 2.40. The van der Waals surface area contributed by atoms with Gasteiger partial charge in [0.05, 0.1) is 17.0 Å². The number of likely N-dealkylation sites (N-methyl/N-ethyl adjacent to an activating group) is 1. The van der Waals surface area contributed by atoms with Gasteiger partial charge in [-0.1, -0.05) is 12.1 Å². The second-order valence-corrected chi connectivity index (χ2v) is 6.88. The van der Waals surface area contributed by atoms with Crippen LogP contribution in [-0.2, 0) is 11.0 Å². The molecule has 0 spiro atoms. The first-order chi connectivity index (χ1) is 13.2. The molecule has 2 N–H and O–H groups in total. The van der Waals surface area contributed by atoms with Crippen LogP contribution in [0.15, 0.2) is 41.8 Å². The van der Waals surface area contributed by atoms with Gasteiger partial charge < -0.3 is 20.1 Å². The molecule has 0 aliphatic rings. The molecule has 0 fully saturated rings. The zero-order chi connectivity index (χ0) is 20.7. The number of aliphatic hydroxyl groups is 1. The van der Waals surface area contributed by atoms with Gasteiger partial charge >= 0.3 is 6.18 Å². The lowest BCUT2D eigenvalue weighted by atomic mass is 10.2. The number of amides is 2. The first-order valence-electron chi connectivity index (χ1n) is 8.20. The third-order valence-electron chi connectivity index (χ3n) is 3.60. The fraction of sp³-hybridized carbons (Fsp3) is 0.333. The van der Waals surface area contributed by atoms with Gasteiger partial charge in [0.1, 0.15) is 18.5 Å². The van der Waals surface area contributed by atoms with Crippen LogP contribution in [0.25, 0.3) is 0 Å². The second kappa shape index (κ2) is 9.56. The lowest BCUT2D eigenvalue weighted by Crippen LogP contribution is -2.42. The summed E-state index contributed by atoms with van der Waals surface area (Å²) < 4.78 is 43.1. The quantitative estimate of drug-likeness (QED) is 0.693. The Bertz CT molecular complexity index is 796. The van der Waals surface area contributed by atoms with Crippen molar-refractivity contribution in [2.75, 3.05) is 26.7 Å². The highest BCUT2D eigenvalue weighted by Gasteiger charge is 2.30. The van der Waals surface area contributed by atoms with Gasteiger partial charge in [-0.3, -0.25) is 9.59 Å². The van der Waals surface area contributed by atoms with Gasteiger partial charge in [-0.15, -0.1) is 11.3 Å². The average molecular weight is 416 g/mol. The Morgan fingerprint density at radius 2 is 2.04 bits per heavy atom. The van der Waals surface area contributed by atoms with E-state index in [2.05, 4.69) is 5.32 Å². The van der Waals surface area contributed by atoms with Crippen molar-refractivity contribution < 1.29 is 32.6 Å². The molecule has 2 rings (SSSR count). The van der Waals surface area contributed by atoms with Gasteiger partial charge in [-0.05, 0) is 29.6 Å². The summed E-state index contributed by atoms with van der Waals surface area (Å²) in [6.07, 6.45) is -5.62. The standard InChI is InChI=1S/C18H19F3N2O4S/c1-23(17(26)15-6-3-7-28-15)10-16(25)22-9-13(24)11-27-14-5-2-4-12(8-14)18(19,20)21/h2-8,13,24H,9-11H2,1H3,(H,22,25). The number of carbonyl (C=O) groups excluding carboxylic acids is 2. The number of alkyl halides is 3. The highest BCUT2D eigenvalue weighted by Crippen LogP contribution is 2.31. The van der Waals surface area contributed by atoms with Crippen LogP contribution in [0.1, 0.15) is 15.2 Å². The number of hydrogen-bond acceptors (Lipinski definition) is 5. The van der Waals surface area contributed by atoms with E-state index in [1.54, 1.807) is 17.5 Å². The normalized spacial score (nSPS) is 12.3. The van der Waals surface area contributed by atoms with Crippen molar-refractivity contribution in [3.63, 3.8) is 0 Å². The molecule has 10 heteroatoms. The fourth-order valence-electron chi connectivity index (χ4n) is 2.18. The van der Waals surface area contributed by atoms with Crippen LogP contribution in [0.2, 0.25) is 0 Å². The lowest BCUT2D eigenvalue weighted by molar-refractivity contribution is -0.137. The molecular weight excluding hydrogens is 397 g/mol. The molecule has 2 aromatic rings. The maximum absolute atomic E-state index is 12.6. The zero-order valence-electron chi connectivity index (χ0n) is 14.9. The maximum atomic E-state index is 12.6. The number of ether oxygens (including phenoxy) is 1. The minimum atomic E-state index is -4.49. The summed E-state index contributed by atoms with van der Waals surface area (Å²) in [5, 5.41) is 14.0. The first-order valence-corrected chi connectivity index (χ1v) is 9.08. The summed E-state index contributed by atoms with van der Waals surface area (Å²) in [5.41, 5.74) is -0.855. The summed E-state index contributed by atoms with van der Waals surface area (Å²) in [4.78, 5) is 25.7. The molecule has 1 aromatic carbocycles. The monoisotopic (exact) mass is 416 g/mol. The van der Waals surface area contributed by atoms with Gasteiger partial charge in [0.2, 0.25) is 5.91 Å². The number of aliphatic hydroxyl groups excluding tert-OH is 1.